The average Bonchev–Trinajstić information content (AvgIpc) is 2.58. The van der Waals surface area contributed by atoms with Crippen LogP contribution in [0.5, 0.6) is 11.5 Å². The van der Waals surface area contributed by atoms with Gasteiger partial charge in [-0.3, -0.25) is 4.79 Å². The molecule has 6 nitrogen and oxygen atoms in total. The molecule has 1 saturated carbocycles. The van der Waals surface area contributed by atoms with Crippen molar-refractivity contribution in [3.8, 4) is 11.5 Å². The molecule has 2 rings (SSSR count). The van der Waals surface area contributed by atoms with E-state index in [0.29, 0.717) is 24.7 Å². The van der Waals surface area contributed by atoms with Gasteiger partial charge in [0.1, 0.15) is 0 Å². The maximum absolute atomic E-state index is 12.2. The highest BCUT2D eigenvalue weighted by molar-refractivity contribution is 5.78. The normalized spacial score (nSPS) is 22.6. The fourth-order valence-electron chi connectivity index (χ4n) is 3.13. The van der Waals surface area contributed by atoms with Gasteiger partial charge in [-0.25, -0.2) is 0 Å². The molecule has 0 aromatic heterocycles. The van der Waals surface area contributed by atoms with Crippen molar-refractivity contribution in [2.75, 3.05) is 20.3 Å². The number of benzene rings is 1. The standard InChI is InChI=1S/C19H31N3O3/c1-6-25-14-8-7-13(9-15(14)24-5)12(2)22-18(23)11-21-17-10-16(20)19(17,3)4/h7-9,12,16-17,21H,6,10-11,20H2,1-5H3,(H,22,23). The van der Waals surface area contributed by atoms with Crippen molar-refractivity contribution >= 4 is 5.91 Å². The van der Waals surface area contributed by atoms with Crippen molar-refractivity contribution in [2.45, 2.75) is 52.2 Å². The first-order valence-corrected chi connectivity index (χ1v) is 8.88. The van der Waals surface area contributed by atoms with E-state index in [2.05, 4.69) is 24.5 Å². The summed E-state index contributed by atoms with van der Waals surface area (Å²) in [6.45, 7) is 9.01. The zero-order chi connectivity index (χ0) is 18.6. The zero-order valence-electron chi connectivity index (χ0n) is 15.9. The Labute approximate surface area is 150 Å². The van der Waals surface area contributed by atoms with E-state index in [-0.39, 0.29) is 29.4 Å². The molecule has 1 fully saturated rings. The van der Waals surface area contributed by atoms with Crippen LogP contribution >= 0.6 is 0 Å². The van der Waals surface area contributed by atoms with Gasteiger partial charge in [-0.2, -0.15) is 0 Å². The Morgan fingerprint density at radius 1 is 1.40 bits per heavy atom. The SMILES string of the molecule is CCOc1ccc(C(C)NC(=O)CNC2CC(N)C2(C)C)cc1OC. The highest BCUT2D eigenvalue weighted by Crippen LogP contribution is 2.38. The van der Waals surface area contributed by atoms with Gasteiger partial charge in [0.05, 0.1) is 26.3 Å². The van der Waals surface area contributed by atoms with Gasteiger partial charge in [0.25, 0.3) is 0 Å². The number of hydrogen-bond acceptors (Lipinski definition) is 5. The molecule has 1 amide bonds. The molecule has 0 heterocycles. The second-order valence-corrected chi connectivity index (χ2v) is 7.23. The minimum absolute atomic E-state index is 0.0309. The van der Waals surface area contributed by atoms with Crippen molar-refractivity contribution in [1.82, 2.24) is 10.6 Å². The van der Waals surface area contributed by atoms with Crippen LogP contribution in [0.2, 0.25) is 0 Å². The lowest BCUT2D eigenvalue weighted by Gasteiger charge is -2.50. The van der Waals surface area contributed by atoms with Crippen LogP contribution in [-0.2, 0) is 4.79 Å². The van der Waals surface area contributed by atoms with Crippen LogP contribution in [-0.4, -0.2) is 38.3 Å². The highest BCUT2D eigenvalue weighted by Gasteiger charge is 2.45. The van der Waals surface area contributed by atoms with Crippen LogP contribution in [0.15, 0.2) is 18.2 Å². The first-order valence-electron chi connectivity index (χ1n) is 8.88. The molecular formula is C19H31N3O3. The number of amides is 1. The Balaban J connectivity index is 1.88. The van der Waals surface area contributed by atoms with Crippen LogP contribution < -0.4 is 25.8 Å². The highest BCUT2D eigenvalue weighted by atomic mass is 16.5. The lowest BCUT2D eigenvalue weighted by atomic mass is 9.63. The number of nitrogens with two attached hydrogens (primary N) is 1. The summed E-state index contributed by atoms with van der Waals surface area (Å²) >= 11 is 0. The number of carbonyl (C=O) groups is 1. The van der Waals surface area contributed by atoms with E-state index in [0.717, 1.165) is 12.0 Å². The predicted molar refractivity (Wildman–Crippen MR) is 98.9 cm³/mol. The van der Waals surface area contributed by atoms with Gasteiger partial charge in [-0.1, -0.05) is 19.9 Å². The van der Waals surface area contributed by atoms with E-state index in [4.69, 9.17) is 15.2 Å². The van der Waals surface area contributed by atoms with Gasteiger partial charge >= 0.3 is 0 Å². The van der Waals surface area contributed by atoms with Gasteiger partial charge in [-0.15, -0.1) is 0 Å². The Bertz CT molecular complexity index is 604. The van der Waals surface area contributed by atoms with Crippen LogP contribution in [0.1, 0.15) is 45.7 Å². The Morgan fingerprint density at radius 3 is 2.68 bits per heavy atom. The van der Waals surface area contributed by atoms with E-state index < -0.39 is 0 Å². The number of carbonyl (C=O) groups excluding carboxylic acids is 1. The van der Waals surface area contributed by atoms with Crippen molar-refractivity contribution in [1.29, 1.82) is 0 Å². The zero-order valence-corrected chi connectivity index (χ0v) is 15.9. The topological polar surface area (TPSA) is 85.6 Å². The summed E-state index contributed by atoms with van der Waals surface area (Å²) in [6.07, 6.45) is 0.909. The molecule has 3 atom stereocenters. The lowest BCUT2D eigenvalue weighted by molar-refractivity contribution is -0.121. The molecule has 0 aliphatic heterocycles. The molecule has 25 heavy (non-hydrogen) atoms. The summed E-state index contributed by atoms with van der Waals surface area (Å²) in [6, 6.07) is 6.08. The molecule has 1 aliphatic rings. The fraction of sp³-hybridized carbons (Fsp3) is 0.632. The van der Waals surface area contributed by atoms with Gasteiger partial charge in [0, 0.05) is 12.1 Å². The van der Waals surface area contributed by atoms with Crippen LogP contribution in [0, 0.1) is 5.41 Å². The summed E-state index contributed by atoms with van der Waals surface area (Å²) in [7, 11) is 1.61. The van der Waals surface area contributed by atoms with Crippen molar-refractivity contribution in [3.63, 3.8) is 0 Å². The number of nitrogens with one attached hydrogen (secondary N) is 2. The maximum atomic E-state index is 12.2. The molecule has 6 heteroatoms. The predicted octanol–water partition coefficient (Wildman–Crippen LogP) is 1.99. The van der Waals surface area contributed by atoms with Crippen LogP contribution in [0.3, 0.4) is 0 Å². The minimum Gasteiger partial charge on any atom is -0.493 e. The van der Waals surface area contributed by atoms with Crippen molar-refractivity contribution in [3.05, 3.63) is 23.8 Å². The smallest absolute Gasteiger partial charge is 0.234 e. The van der Waals surface area contributed by atoms with E-state index in [1.54, 1.807) is 7.11 Å². The van der Waals surface area contributed by atoms with Crippen LogP contribution in [0.25, 0.3) is 0 Å². The Hall–Kier alpha value is -1.79. The fourth-order valence-corrected chi connectivity index (χ4v) is 3.13. The molecule has 3 unspecified atom stereocenters. The number of hydrogen-bond donors (Lipinski definition) is 3. The number of methoxy groups -OCH3 is 1. The molecule has 0 saturated heterocycles. The van der Waals surface area contributed by atoms with E-state index in [1.165, 1.54) is 0 Å². The summed E-state index contributed by atoms with van der Waals surface area (Å²) in [5.41, 5.74) is 7.02. The Morgan fingerprint density at radius 2 is 2.12 bits per heavy atom. The second kappa shape index (κ2) is 8.06. The summed E-state index contributed by atoms with van der Waals surface area (Å²) in [5, 5.41) is 6.32. The van der Waals surface area contributed by atoms with Crippen molar-refractivity contribution in [2.24, 2.45) is 11.1 Å². The Kier molecular flexibility index (Phi) is 6.30. The molecule has 140 valence electrons. The molecule has 1 aromatic rings. The largest absolute Gasteiger partial charge is 0.493 e. The third kappa shape index (κ3) is 4.44. The first kappa shape index (κ1) is 19.5. The molecule has 1 aliphatic carbocycles. The van der Waals surface area contributed by atoms with Crippen molar-refractivity contribution < 1.29 is 14.3 Å². The number of rotatable bonds is 8. The quantitative estimate of drug-likeness (QED) is 0.668. The number of ether oxygens (including phenoxy) is 2. The van der Waals surface area contributed by atoms with E-state index in [1.807, 2.05) is 32.0 Å². The molecule has 0 radical (unpaired) electrons. The minimum atomic E-state index is -0.115. The maximum Gasteiger partial charge on any atom is 0.234 e. The molecule has 0 spiro atoms. The van der Waals surface area contributed by atoms with Gasteiger partial charge in [0.15, 0.2) is 11.5 Å². The van der Waals surface area contributed by atoms with E-state index in [9.17, 15) is 4.79 Å². The molecule has 4 N–H and O–H groups in total. The van der Waals surface area contributed by atoms with Gasteiger partial charge in [-0.05, 0) is 43.4 Å². The lowest BCUT2D eigenvalue weighted by Crippen LogP contribution is -2.64. The monoisotopic (exact) mass is 349 g/mol. The molecule has 1 aromatic carbocycles. The van der Waals surface area contributed by atoms with Crippen LogP contribution in [0.4, 0.5) is 0 Å². The average molecular weight is 349 g/mol. The summed E-state index contributed by atoms with van der Waals surface area (Å²) in [4.78, 5) is 12.2. The summed E-state index contributed by atoms with van der Waals surface area (Å²) < 4.78 is 10.9. The molecule has 0 bridgehead atoms. The second-order valence-electron chi connectivity index (χ2n) is 7.23. The first-order chi connectivity index (χ1) is 11.8. The molecular weight excluding hydrogens is 318 g/mol. The summed E-state index contributed by atoms with van der Waals surface area (Å²) in [5.74, 6) is 1.35. The third-order valence-electron chi connectivity index (χ3n) is 5.22. The van der Waals surface area contributed by atoms with Gasteiger partial charge in [0.2, 0.25) is 5.91 Å². The van der Waals surface area contributed by atoms with Gasteiger partial charge < -0.3 is 25.8 Å². The third-order valence-corrected chi connectivity index (χ3v) is 5.22. The van der Waals surface area contributed by atoms with E-state index >= 15 is 0 Å².